The molecule has 5 nitrogen and oxygen atoms in total. The van der Waals surface area contributed by atoms with E-state index in [1.165, 1.54) is 0 Å². The van der Waals surface area contributed by atoms with Crippen LogP contribution in [-0.4, -0.2) is 60.0 Å². The molecule has 2 aliphatic heterocycles. The molecule has 0 radical (unpaired) electrons. The first kappa shape index (κ1) is 17.7. The van der Waals surface area contributed by atoms with E-state index >= 15 is 0 Å². The molecular weight excluding hydrogens is 340 g/mol. The summed E-state index contributed by atoms with van der Waals surface area (Å²) in [6.45, 7) is 2.11. The molecule has 0 aromatic heterocycles. The molecule has 0 unspecified atom stereocenters. The Labute approximate surface area is 159 Å². The predicted molar refractivity (Wildman–Crippen MR) is 103 cm³/mol. The number of carbonyl (C=O) groups is 2. The number of carboxylic acids is 1. The summed E-state index contributed by atoms with van der Waals surface area (Å²) in [6.07, 6.45) is 0.313. The Hall–Kier alpha value is -2.66. The van der Waals surface area contributed by atoms with Gasteiger partial charge in [-0.15, -0.1) is 0 Å². The second-order valence-electron chi connectivity index (χ2n) is 7.87. The lowest BCUT2D eigenvalue weighted by molar-refractivity contribution is -0.149. The molecule has 140 valence electrons. The zero-order chi connectivity index (χ0) is 19.0. The van der Waals surface area contributed by atoms with E-state index in [0.717, 1.165) is 23.2 Å². The number of carboxylic acid groups (broad SMARTS) is 1. The Kier molecular flexibility index (Phi) is 4.48. The van der Waals surface area contributed by atoms with Crippen LogP contribution in [0.15, 0.2) is 54.6 Å². The topological polar surface area (TPSA) is 60.9 Å². The predicted octanol–water partition coefficient (Wildman–Crippen LogP) is 2.37. The fourth-order valence-electron chi connectivity index (χ4n) is 4.54. The van der Waals surface area contributed by atoms with Crippen molar-refractivity contribution < 1.29 is 14.7 Å². The summed E-state index contributed by atoms with van der Waals surface area (Å²) >= 11 is 0. The lowest BCUT2D eigenvalue weighted by Gasteiger charge is -2.24. The third-order valence-electron chi connectivity index (χ3n) is 5.97. The number of carbonyl (C=O) groups excluding carboxylic acids is 1. The summed E-state index contributed by atoms with van der Waals surface area (Å²) in [5, 5.41) is 9.76. The van der Waals surface area contributed by atoms with Crippen molar-refractivity contribution in [1.29, 1.82) is 0 Å². The lowest BCUT2D eigenvalue weighted by atomic mass is 9.81. The van der Waals surface area contributed by atoms with Gasteiger partial charge in [0, 0.05) is 32.1 Å². The van der Waals surface area contributed by atoms with Crippen LogP contribution in [0.1, 0.15) is 5.56 Å². The van der Waals surface area contributed by atoms with Crippen LogP contribution in [0.2, 0.25) is 0 Å². The number of hydrogen-bond donors (Lipinski definition) is 1. The normalized spacial score (nSPS) is 24.8. The van der Waals surface area contributed by atoms with Crippen molar-refractivity contribution in [3.8, 4) is 11.1 Å². The second kappa shape index (κ2) is 6.82. The molecule has 0 saturated carbocycles. The molecule has 2 fully saturated rings. The molecule has 2 aliphatic rings. The van der Waals surface area contributed by atoms with Crippen LogP contribution in [0, 0.1) is 11.3 Å². The van der Waals surface area contributed by atoms with E-state index in [4.69, 9.17) is 0 Å². The van der Waals surface area contributed by atoms with Crippen molar-refractivity contribution in [3.05, 3.63) is 60.2 Å². The molecule has 2 atom stereocenters. The first-order valence-corrected chi connectivity index (χ1v) is 9.32. The first-order valence-electron chi connectivity index (χ1n) is 9.32. The lowest BCUT2D eigenvalue weighted by Crippen LogP contribution is -2.41. The maximum Gasteiger partial charge on any atom is 0.313 e. The van der Waals surface area contributed by atoms with Gasteiger partial charge in [-0.25, -0.2) is 0 Å². The van der Waals surface area contributed by atoms with E-state index in [1.54, 1.807) is 4.90 Å². The minimum atomic E-state index is -0.804. The Balaban J connectivity index is 1.44. The smallest absolute Gasteiger partial charge is 0.313 e. The van der Waals surface area contributed by atoms with E-state index in [2.05, 4.69) is 17.0 Å². The summed E-state index contributed by atoms with van der Waals surface area (Å²) in [6, 6.07) is 18.2. The van der Waals surface area contributed by atoms with Gasteiger partial charge in [0.2, 0.25) is 5.91 Å². The Morgan fingerprint density at radius 3 is 2.30 bits per heavy atom. The van der Waals surface area contributed by atoms with Crippen LogP contribution < -0.4 is 0 Å². The van der Waals surface area contributed by atoms with Crippen LogP contribution in [0.4, 0.5) is 0 Å². The summed E-state index contributed by atoms with van der Waals surface area (Å²) < 4.78 is 0. The highest BCUT2D eigenvalue weighted by Gasteiger charge is 2.57. The molecule has 2 aromatic carbocycles. The van der Waals surface area contributed by atoms with E-state index < -0.39 is 11.4 Å². The number of benzene rings is 2. The molecule has 2 aromatic rings. The van der Waals surface area contributed by atoms with Crippen LogP contribution in [0.3, 0.4) is 0 Å². The Morgan fingerprint density at radius 1 is 1.00 bits per heavy atom. The highest BCUT2D eigenvalue weighted by Crippen LogP contribution is 2.42. The van der Waals surface area contributed by atoms with Crippen LogP contribution in [-0.2, 0) is 16.0 Å². The van der Waals surface area contributed by atoms with Gasteiger partial charge in [0.25, 0.3) is 0 Å². The van der Waals surface area contributed by atoms with Crippen molar-refractivity contribution in [2.24, 2.45) is 11.3 Å². The highest BCUT2D eigenvalue weighted by molar-refractivity contribution is 5.83. The third-order valence-corrected chi connectivity index (χ3v) is 5.97. The van der Waals surface area contributed by atoms with Crippen LogP contribution >= 0.6 is 0 Å². The molecule has 2 heterocycles. The SMILES string of the molecule is CN1C[C@H]2CN(C(=O)Cc3ccc(-c4ccccc4)cc3)C[C@@]2(C(=O)O)C1. The van der Waals surface area contributed by atoms with E-state index in [0.29, 0.717) is 26.1 Å². The number of likely N-dealkylation sites (tertiary alicyclic amines) is 2. The van der Waals surface area contributed by atoms with Crippen molar-refractivity contribution >= 4 is 11.9 Å². The van der Waals surface area contributed by atoms with Crippen molar-refractivity contribution in [3.63, 3.8) is 0 Å². The van der Waals surface area contributed by atoms with Gasteiger partial charge in [0.15, 0.2) is 0 Å². The zero-order valence-electron chi connectivity index (χ0n) is 15.5. The average molecular weight is 364 g/mol. The van der Waals surface area contributed by atoms with Gasteiger partial charge in [0.1, 0.15) is 5.41 Å². The van der Waals surface area contributed by atoms with Crippen molar-refractivity contribution in [2.75, 3.05) is 33.2 Å². The third kappa shape index (κ3) is 3.23. The fraction of sp³-hybridized carbons (Fsp3) is 0.364. The van der Waals surface area contributed by atoms with Gasteiger partial charge < -0.3 is 14.9 Å². The summed E-state index contributed by atoms with van der Waals surface area (Å²) in [5.74, 6) is -0.746. The fourth-order valence-corrected chi connectivity index (χ4v) is 4.54. The van der Waals surface area contributed by atoms with Gasteiger partial charge in [-0.3, -0.25) is 9.59 Å². The first-order chi connectivity index (χ1) is 13.0. The monoisotopic (exact) mass is 364 g/mol. The Bertz CT molecular complexity index is 850. The molecular formula is C22H24N2O3. The van der Waals surface area contributed by atoms with Gasteiger partial charge >= 0.3 is 5.97 Å². The van der Waals surface area contributed by atoms with Crippen LogP contribution in [0.5, 0.6) is 0 Å². The maximum atomic E-state index is 12.8. The number of hydrogen-bond acceptors (Lipinski definition) is 3. The summed E-state index contributed by atoms with van der Waals surface area (Å²) in [7, 11) is 1.95. The minimum Gasteiger partial charge on any atom is -0.481 e. The van der Waals surface area contributed by atoms with Crippen molar-refractivity contribution in [1.82, 2.24) is 9.80 Å². The van der Waals surface area contributed by atoms with E-state index in [-0.39, 0.29) is 11.8 Å². The van der Waals surface area contributed by atoms with Crippen molar-refractivity contribution in [2.45, 2.75) is 6.42 Å². The molecule has 5 heteroatoms. The summed E-state index contributed by atoms with van der Waals surface area (Å²) in [4.78, 5) is 28.5. The van der Waals surface area contributed by atoms with E-state index in [1.807, 2.05) is 49.5 Å². The molecule has 27 heavy (non-hydrogen) atoms. The van der Waals surface area contributed by atoms with Crippen LogP contribution in [0.25, 0.3) is 11.1 Å². The number of nitrogens with zero attached hydrogens (tertiary/aromatic N) is 2. The number of amides is 1. The molecule has 0 aliphatic carbocycles. The standard InChI is InChI=1S/C22H24N2O3/c1-23-12-19-13-24(15-22(19,14-23)21(26)27)20(25)11-16-7-9-18(10-8-16)17-5-3-2-4-6-17/h2-10,19H,11-15H2,1H3,(H,26,27)/t19-,22-/m0/s1. The summed E-state index contributed by atoms with van der Waals surface area (Å²) in [5.41, 5.74) is 2.42. The Morgan fingerprint density at radius 2 is 1.67 bits per heavy atom. The molecule has 0 bridgehead atoms. The van der Waals surface area contributed by atoms with Gasteiger partial charge in [-0.05, 0) is 23.7 Å². The van der Waals surface area contributed by atoms with Gasteiger partial charge in [-0.2, -0.15) is 0 Å². The average Bonchev–Trinajstić information content (AvgIpc) is 3.17. The minimum absolute atomic E-state index is 0.0140. The van der Waals surface area contributed by atoms with Gasteiger partial charge in [0.05, 0.1) is 6.42 Å². The van der Waals surface area contributed by atoms with E-state index in [9.17, 15) is 14.7 Å². The number of rotatable bonds is 4. The quantitative estimate of drug-likeness (QED) is 0.905. The van der Waals surface area contributed by atoms with Gasteiger partial charge in [-0.1, -0.05) is 54.6 Å². The largest absolute Gasteiger partial charge is 0.481 e. The number of aliphatic carboxylic acids is 1. The maximum absolute atomic E-state index is 12.8. The highest BCUT2D eigenvalue weighted by atomic mass is 16.4. The molecule has 4 rings (SSSR count). The number of fused-ring (bicyclic) bond motifs is 1. The zero-order valence-corrected chi connectivity index (χ0v) is 15.5. The molecule has 2 saturated heterocycles. The second-order valence-corrected chi connectivity index (χ2v) is 7.87. The molecule has 1 amide bonds. The molecule has 0 spiro atoms. The molecule has 1 N–H and O–H groups in total.